The minimum Gasteiger partial charge on any atom is -0.346 e. The molecule has 4 heterocycles. The fourth-order valence-corrected chi connectivity index (χ4v) is 3.55. The highest BCUT2D eigenvalue weighted by Gasteiger charge is 2.30. The van der Waals surface area contributed by atoms with E-state index in [4.69, 9.17) is 4.52 Å². The molecule has 0 unspecified atom stereocenters. The van der Waals surface area contributed by atoms with Gasteiger partial charge in [0.05, 0.1) is 12.5 Å². The van der Waals surface area contributed by atoms with Gasteiger partial charge < -0.3 is 14.4 Å². The molecular formula is C18H21N5O2. The Morgan fingerprint density at radius 2 is 2.32 bits per heavy atom. The molecule has 4 rings (SSSR count). The van der Waals surface area contributed by atoms with Crippen LogP contribution >= 0.6 is 0 Å². The van der Waals surface area contributed by atoms with Crippen LogP contribution in [0.1, 0.15) is 49.0 Å². The molecule has 1 amide bonds. The van der Waals surface area contributed by atoms with Crippen LogP contribution in [0.5, 0.6) is 0 Å². The number of nitrogens with one attached hydrogen (secondary N) is 1. The SMILES string of the molecule is Cc1nc([C@H]2CCCCCN2C(=O)Cc2c[nH]c3ncccc23)no1. The number of rotatable bonds is 3. The second-order valence-corrected chi connectivity index (χ2v) is 6.51. The second-order valence-electron chi connectivity index (χ2n) is 6.51. The third-order valence-electron chi connectivity index (χ3n) is 4.79. The van der Waals surface area contributed by atoms with Crippen molar-refractivity contribution in [3.63, 3.8) is 0 Å². The number of hydrogen-bond acceptors (Lipinski definition) is 5. The second kappa shape index (κ2) is 6.66. The molecule has 0 spiro atoms. The maximum absolute atomic E-state index is 13.1. The van der Waals surface area contributed by atoms with Crippen LogP contribution < -0.4 is 0 Å². The molecule has 1 saturated heterocycles. The smallest absolute Gasteiger partial charge is 0.227 e. The Kier molecular flexibility index (Phi) is 4.21. The van der Waals surface area contributed by atoms with E-state index in [-0.39, 0.29) is 11.9 Å². The number of fused-ring (bicyclic) bond motifs is 1. The summed E-state index contributed by atoms with van der Waals surface area (Å²) in [6.07, 6.45) is 8.04. The van der Waals surface area contributed by atoms with Crippen molar-refractivity contribution in [2.45, 2.75) is 45.1 Å². The maximum atomic E-state index is 13.1. The molecule has 3 aromatic rings. The number of hydrogen-bond donors (Lipinski definition) is 1. The first kappa shape index (κ1) is 15.8. The quantitative estimate of drug-likeness (QED) is 0.792. The zero-order valence-corrected chi connectivity index (χ0v) is 14.2. The van der Waals surface area contributed by atoms with Gasteiger partial charge in [-0.3, -0.25) is 4.79 Å². The van der Waals surface area contributed by atoms with Crippen molar-refractivity contribution < 1.29 is 9.32 Å². The Morgan fingerprint density at radius 3 is 3.16 bits per heavy atom. The fraction of sp³-hybridized carbons (Fsp3) is 0.444. The Hall–Kier alpha value is -2.70. The van der Waals surface area contributed by atoms with Crippen molar-refractivity contribution >= 4 is 16.9 Å². The van der Waals surface area contributed by atoms with E-state index in [1.165, 1.54) is 0 Å². The van der Waals surface area contributed by atoms with Crippen molar-refractivity contribution in [1.29, 1.82) is 0 Å². The number of aryl methyl sites for hydroxylation is 1. The summed E-state index contributed by atoms with van der Waals surface area (Å²) in [6.45, 7) is 2.51. The van der Waals surface area contributed by atoms with Gasteiger partial charge in [-0.15, -0.1) is 0 Å². The summed E-state index contributed by atoms with van der Waals surface area (Å²) in [6, 6.07) is 3.78. The van der Waals surface area contributed by atoms with Crippen LogP contribution in [0, 0.1) is 6.92 Å². The van der Waals surface area contributed by atoms with Gasteiger partial charge in [0.15, 0.2) is 5.82 Å². The van der Waals surface area contributed by atoms with E-state index in [1.54, 1.807) is 13.1 Å². The first-order valence-electron chi connectivity index (χ1n) is 8.73. The van der Waals surface area contributed by atoms with Gasteiger partial charge in [-0.05, 0) is 30.5 Å². The third-order valence-corrected chi connectivity index (χ3v) is 4.79. The summed E-state index contributed by atoms with van der Waals surface area (Å²) < 4.78 is 5.14. The van der Waals surface area contributed by atoms with Crippen LogP contribution in [-0.4, -0.2) is 37.5 Å². The van der Waals surface area contributed by atoms with E-state index >= 15 is 0 Å². The molecule has 7 heteroatoms. The molecule has 1 fully saturated rings. The van der Waals surface area contributed by atoms with Gasteiger partial charge in [-0.1, -0.05) is 18.0 Å². The normalized spacial score (nSPS) is 18.4. The molecular weight excluding hydrogens is 318 g/mol. The van der Waals surface area contributed by atoms with Crippen LogP contribution in [0.25, 0.3) is 11.0 Å². The lowest BCUT2D eigenvalue weighted by Gasteiger charge is -2.27. The molecule has 0 saturated carbocycles. The zero-order valence-electron chi connectivity index (χ0n) is 14.2. The summed E-state index contributed by atoms with van der Waals surface area (Å²) in [5.74, 6) is 1.25. The van der Waals surface area contributed by atoms with E-state index in [0.29, 0.717) is 18.1 Å². The van der Waals surface area contributed by atoms with Gasteiger partial charge in [-0.2, -0.15) is 4.98 Å². The highest BCUT2D eigenvalue weighted by atomic mass is 16.5. The van der Waals surface area contributed by atoms with E-state index in [2.05, 4.69) is 20.1 Å². The number of aromatic amines is 1. The number of carbonyl (C=O) groups is 1. The summed E-state index contributed by atoms with van der Waals surface area (Å²) in [5, 5.41) is 5.06. The van der Waals surface area contributed by atoms with Crippen LogP contribution in [0.3, 0.4) is 0 Å². The van der Waals surface area contributed by atoms with Crippen molar-refractivity contribution in [2.75, 3.05) is 6.54 Å². The van der Waals surface area contributed by atoms with Crippen LogP contribution in [-0.2, 0) is 11.2 Å². The molecule has 1 aliphatic rings. The van der Waals surface area contributed by atoms with Gasteiger partial charge in [0.25, 0.3) is 0 Å². The lowest BCUT2D eigenvalue weighted by atomic mass is 10.1. The number of likely N-dealkylation sites (tertiary alicyclic amines) is 1. The first-order valence-corrected chi connectivity index (χ1v) is 8.73. The molecule has 0 bridgehead atoms. The molecule has 7 nitrogen and oxygen atoms in total. The lowest BCUT2D eigenvalue weighted by molar-refractivity contribution is -0.133. The number of aromatic nitrogens is 4. The van der Waals surface area contributed by atoms with Crippen LogP contribution in [0.2, 0.25) is 0 Å². The van der Waals surface area contributed by atoms with Gasteiger partial charge in [0.1, 0.15) is 5.65 Å². The van der Waals surface area contributed by atoms with E-state index in [0.717, 1.165) is 48.8 Å². The van der Waals surface area contributed by atoms with Crippen LogP contribution in [0.15, 0.2) is 29.0 Å². The van der Waals surface area contributed by atoms with Crippen molar-refractivity contribution in [3.8, 4) is 0 Å². The number of carbonyl (C=O) groups excluding carboxylic acids is 1. The van der Waals surface area contributed by atoms with E-state index in [1.807, 2.05) is 23.2 Å². The fourth-order valence-electron chi connectivity index (χ4n) is 3.55. The summed E-state index contributed by atoms with van der Waals surface area (Å²) >= 11 is 0. The largest absolute Gasteiger partial charge is 0.346 e. The summed E-state index contributed by atoms with van der Waals surface area (Å²) in [4.78, 5) is 26.8. The Morgan fingerprint density at radius 1 is 1.40 bits per heavy atom. The van der Waals surface area contributed by atoms with Crippen molar-refractivity contribution in [2.24, 2.45) is 0 Å². The average Bonchev–Trinajstić information content (AvgIpc) is 3.14. The third kappa shape index (κ3) is 3.14. The first-order chi connectivity index (χ1) is 12.2. The molecule has 1 atom stereocenters. The zero-order chi connectivity index (χ0) is 17.2. The predicted molar refractivity (Wildman–Crippen MR) is 91.8 cm³/mol. The van der Waals surface area contributed by atoms with Crippen LogP contribution in [0.4, 0.5) is 0 Å². The number of H-pyrrole nitrogens is 1. The maximum Gasteiger partial charge on any atom is 0.227 e. The standard InChI is InChI=1S/C18H21N5O2/c1-12-21-18(22-25-12)15-7-3-2-4-9-23(15)16(24)10-13-11-20-17-14(13)6-5-8-19-17/h5-6,8,11,15H,2-4,7,9-10H2,1H3,(H,19,20)/t15-/m1/s1. The topological polar surface area (TPSA) is 87.9 Å². The van der Waals surface area contributed by atoms with E-state index < -0.39 is 0 Å². The monoisotopic (exact) mass is 339 g/mol. The molecule has 0 aliphatic carbocycles. The highest BCUT2D eigenvalue weighted by molar-refractivity contribution is 5.87. The molecule has 1 N–H and O–H groups in total. The average molecular weight is 339 g/mol. The number of pyridine rings is 1. The van der Waals surface area contributed by atoms with E-state index in [9.17, 15) is 4.79 Å². The van der Waals surface area contributed by atoms with Gasteiger partial charge in [0, 0.05) is 31.2 Å². The summed E-state index contributed by atoms with van der Waals surface area (Å²) in [7, 11) is 0. The van der Waals surface area contributed by atoms with Crippen molar-refractivity contribution in [3.05, 3.63) is 41.8 Å². The van der Waals surface area contributed by atoms with Crippen molar-refractivity contribution in [1.82, 2.24) is 25.0 Å². The Labute approximate surface area is 145 Å². The molecule has 3 aromatic heterocycles. The van der Waals surface area contributed by atoms with Gasteiger partial charge >= 0.3 is 0 Å². The minimum atomic E-state index is -0.101. The predicted octanol–water partition coefficient (Wildman–Crippen LogP) is 2.94. The number of nitrogens with zero attached hydrogens (tertiary/aromatic N) is 4. The Balaban J connectivity index is 1.59. The Bertz CT molecular complexity index is 884. The van der Waals surface area contributed by atoms with Gasteiger partial charge in [-0.25, -0.2) is 4.98 Å². The number of amides is 1. The highest BCUT2D eigenvalue weighted by Crippen LogP contribution is 2.29. The minimum absolute atomic E-state index is 0.0964. The summed E-state index contributed by atoms with van der Waals surface area (Å²) in [5.41, 5.74) is 1.78. The molecule has 25 heavy (non-hydrogen) atoms. The molecule has 130 valence electrons. The molecule has 1 aliphatic heterocycles. The van der Waals surface area contributed by atoms with Gasteiger partial charge in [0.2, 0.25) is 11.8 Å². The lowest BCUT2D eigenvalue weighted by Crippen LogP contribution is -2.36. The molecule has 0 aromatic carbocycles. The molecule has 0 radical (unpaired) electrons.